The van der Waals surface area contributed by atoms with Gasteiger partial charge in [0.1, 0.15) is 5.84 Å². The van der Waals surface area contributed by atoms with E-state index < -0.39 is 5.41 Å². The molecule has 1 fully saturated rings. The van der Waals surface area contributed by atoms with Gasteiger partial charge in [0.05, 0.1) is 17.8 Å². The van der Waals surface area contributed by atoms with Gasteiger partial charge in [-0.1, -0.05) is 25.4 Å². The number of rotatable bonds is 5. The average Bonchev–Trinajstić information content (AvgIpc) is 3.02. The largest absolute Gasteiger partial charge is 0.395 e. The van der Waals surface area contributed by atoms with Crippen LogP contribution in [0.1, 0.15) is 59.6 Å². The van der Waals surface area contributed by atoms with Gasteiger partial charge in [-0.3, -0.25) is 9.89 Å². The summed E-state index contributed by atoms with van der Waals surface area (Å²) in [4.78, 5) is 6.98. The summed E-state index contributed by atoms with van der Waals surface area (Å²) in [5.74, 6) is 1.42. The molecule has 6 heteroatoms. The number of nitrogens with zero attached hydrogens (tertiary/aromatic N) is 3. The van der Waals surface area contributed by atoms with E-state index in [-0.39, 0.29) is 12.1 Å². The molecule has 24 heavy (non-hydrogen) atoms. The number of nitrogens with one attached hydrogen (secondary N) is 1. The third-order valence-corrected chi connectivity index (χ3v) is 5.16. The number of hydrogen-bond donors (Lipinski definition) is 2. The summed E-state index contributed by atoms with van der Waals surface area (Å²) in [7, 11) is 1.80. The van der Waals surface area contributed by atoms with E-state index in [2.05, 4.69) is 41.1 Å². The van der Waals surface area contributed by atoms with E-state index in [0.29, 0.717) is 11.9 Å². The minimum Gasteiger partial charge on any atom is -0.395 e. The summed E-state index contributed by atoms with van der Waals surface area (Å²) in [5, 5.41) is 16.9. The smallest absolute Gasteiger partial charge is 0.230 e. The Morgan fingerprint density at radius 1 is 1.42 bits per heavy atom. The monoisotopic (exact) mass is 336 g/mol. The first-order valence-corrected chi connectivity index (χ1v) is 8.81. The van der Waals surface area contributed by atoms with Crippen molar-refractivity contribution < 1.29 is 9.63 Å². The van der Waals surface area contributed by atoms with E-state index in [4.69, 9.17) is 4.52 Å². The third-order valence-electron chi connectivity index (χ3n) is 5.16. The number of anilines is 1. The fourth-order valence-corrected chi connectivity index (χ4v) is 3.40. The van der Waals surface area contributed by atoms with Crippen molar-refractivity contribution in [3.05, 3.63) is 11.8 Å². The maximum atomic E-state index is 9.48. The summed E-state index contributed by atoms with van der Waals surface area (Å²) in [6.45, 7) is 11.6. The first-order chi connectivity index (χ1) is 11.2. The Labute approximate surface area is 145 Å². The Hall–Kier alpha value is -1.40. The van der Waals surface area contributed by atoms with E-state index in [1.807, 2.05) is 19.9 Å². The lowest BCUT2D eigenvalue weighted by atomic mass is 9.90. The Kier molecular flexibility index (Phi) is 5.71. The maximum Gasteiger partial charge on any atom is 0.230 e. The van der Waals surface area contributed by atoms with E-state index in [1.165, 1.54) is 19.3 Å². The van der Waals surface area contributed by atoms with Crippen LogP contribution in [0.3, 0.4) is 0 Å². The number of aliphatic imine (C=N–C) groups is 1. The van der Waals surface area contributed by atoms with Gasteiger partial charge in [0.25, 0.3) is 0 Å². The molecular weight excluding hydrogens is 304 g/mol. The minimum atomic E-state index is -0.427. The van der Waals surface area contributed by atoms with Crippen LogP contribution >= 0.6 is 0 Å². The van der Waals surface area contributed by atoms with Crippen molar-refractivity contribution in [1.82, 2.24) is 10.1 Å². The van der Waals surface area contributed by atoms with Gasteiger partial charge in [-0.25, -0.2) is 0 Å². The van der Waals surface area contributed by atoms with Crippen LogP contribution in [0.2, 0.25) is 0 Å². The number of aromatic nitrogens is 1. The second-order valence-electron chi connectivity index (χ2n) is 7.91. The zero-order valence-electron chi connectivity index (χ0n) is 15.9. The molecule has 0 radical (unpaired) electrons. The van der Waals surface area contributed by atoms with E-state index in [1.54, 1.807) is 7.05 Å². The molecule has 1 aromatic rings. The van der Waals surface area contributed by atoms with Gasteiger partial charge in [-0.15, -0.1) is 0 Å². The van der Waals surface area contributed by atoms with Crippen molar-refractivity contribution in [3.8, 4) is 0 Å². The average molecular weight is 336 g/mol. The molecule has 136 valence electrons. The molecule has 0 spiro atoms. The highest BCUT2D eigenvalue weighted by Crippen LogP contribution is 2.29. The number of piperidine rings is 1. The van der Waals surface area contributed by atoms with Crippen molar-refractivity contribution in [2.24, 2.45) is 4.99 Å². The lowest BCUT2D eigenvalue weighted by molar-refractivity contribution is 0.0906. The molecule has 1 unspecified atom stereocenters. The molecule has 0 aromatic carbocycles. The fraction of sp³-hybridized carbons (Fsp3) is 0.778. The molecular formula is C18H32N4O2. The molecule has 1 aromatic heterocycles. The highest BCUT2D eigenvalue weighted by molar-refractivity contribution is 6.01. The third kappa shape index (κ3) is 3.81. The predicted octanol–water partition coefficient (Wildman–Crippen LogP) is 3.04. The van der Waals surface area contributed by atoms with Gasteiger partial charge < -0.3 is 14.9 Å². The topological polar surface area (TPSA) is 73.9 Å². The molecule has 1 atom stereocenters. The van der Waals surface area contributed by atoms with Crippen molar-refractivity contribution in [2.75, 3.05) is 25.5 Å². The van der Waals surface area contributed by atoms with Gasteiger partial charge in [0, 0.05) is 24.6 Å². The predicted molar refractivity (Wildman–Crippen MR) is 97.7 cm³/mol. The lowest BCUT2D eigenvalue weighted by Crippen LogP contribution is -2.57. The molecule has 0 amide bonds. The van der Waals surface area contributed by atoms with Crippen LogP contribution in [0, 0.1) is 0 Å². The zero-order valence-corrected chi connectivity index (χ0v) is 15.9. The molecule has 0 aliphatic carbocycles. The molecule has 1 saturated heterocycles. The second kappa shape index (κ2) is 7.23. The van der Waals surface area contributed by atoms with Crippen LogP contribution < -0.4 is 5.32 Å². The molecule has 0 bridgehead atoms. The Morgan fingerprint density at radius 3 is 2.71 bits per heavy atom. The first-order valence-electron chi connectivity index (χ1n) is 8.81. The molecule has 0 saturated carbocycles. The van der Waals surface area contributed by atoms with Gasteiger partial charge in [0.2, 0.25) is 5.88 Å². The van der Waals surface area contributed by atoms with Crippen LogP contribution in [-0.2, 0) is 5.41 Å². The lowest BCUT2D eigenvalue weighted by Gasteiger charge is -2.45. The summed E-state index contributed by atoms with van der Waals surface area (Å²) in [6, 6.07) is 2.38. The highest BCUT2D eigenvalue weighted by Gasteiger charge is 2.37. The molecule has 2 rings (SSSR count). The van der Waals surface area contributed by atoms with Crippen molar-refractivity contribution >= 4 is 11.7 Å². The molecule has 6 nitrogen and oxygen atoms in total. The zero-order chi connectivity index (χ0) is 18.0. The summed E-state index contributed by atoms with van der Waals surface area (Å²) < 4.78 is 5.42. The Bertz CT molecular complexity index is 577. The van der Waals surface area contributed by atoms with Crippen molar-refractivity contribution in [3.63, 3.8) is 0 Å². The fourth-order valence-electron chi connectivity index (χ4n) is 3.40. The maximum absolute atomic E-state index is 9.48. The molecule has 1 aliphatic rings. The normalized spacial score (nSPS) is 21.1. The quantitative estimate of drug-likeness (QED) is 0.638. The van der Waals surface area contributed by atoms with Crippen molar-refractivity contribution in [1.29, 1.82) is 0 Å². The van der Waals surface area contributed by atoms with E-state index in [9.17, 15) is 5.11 Å². The Balaban J connectivity index is 2.17. The summed E-state index contributed by atoms with van der Waals surface area (Å²) >= 11 is 0. The number of hydrogen-bond acceptors (Lipinski definition) is 5. The van der Waals surface area contributed by atoms with Gasteiger partial charge >= 0.3 is 0 Å². The minimum absolute atomic E-state index is 0.0183. The number of aliphatic hydroxyl groups is 1. The SMILES string of the molecule is C/N=C(\Nc1cc(C(C)(C)CO)no1)C(C)(C)N1CCCCC1C. The summed E-state index contributed by atoms with van der Waals surface area (Å²) in [5.41, 5.74) is 0.0878. The molecule has 2 heterocycles. The highest BCUT2D eigenvalue weighted by atomic mass is 16.5. The van der Waals surface area contributed by atoms with Crippen molar-refractivity contribution in [2.45, 2.75) is 70.9 Å². The van der Waals surface area contributed by atoms with Gasteiger partial charge in [-0.05, 0) is 40.2 Å². The van der Waals surface area contributed by atoms with Gasteiger partial charge in [0.15, 0.2) is 0 Å². The van der Waals surface area contributed by atoms with E-state index >= 15 is 0 Å². The number of aliphatic hydroxyl groups excluding tert-OH is 1. The van der Waals surface area contributed by atoms with Crippen LogP contribution in [0.15, 0.2) is 15.6 Å². The first kappa shape index (κ1) is 18.9. The standard InChI is InChI=1S/C18H32N4O2/c1-13-9-7-8-10-22(13)18(4,5)16(19-6)20-15-11-14(21-24-15)17(2,3)12-23/h11,13,23H,7-10,12H2,1-6H3,(H,19,20). The molecule has 2 N–H and O–H groups in total. The van der Waals surface area contributed by atoms with Gasteiger partial charge in [-0.2, -0.15) is 0 Å². The molecule has 1 aliphatic heterocycles. The summed E-state index contributed by atoms with van der Waals surface area (Å²) in [6.07, 6.45) is 3.74. The van der Waals surface area contributed by atoms with Crippen LogP contribution in [-0.4, -0.2) is 52.8 Å². The van der Waals surface area contributed by atoms with Crippen LogP contribution in [0.5, 0.6) is 0 Å². The van der Waals surface area contributed by atoms with E-state index in [0.717, 1.165) is 18.1 Å². The van der Waals surface area contributed by atoms with Crippen LogP contribution in [0.25, 0.3) is 0 Å². The Morgan fingerprint density at radius 2 is 2.12 bits per heavy atom. The second-order valence-corrected chi connectivity index (χ2v) is 7.91. The van der Waals surface area contributed by atoms with Crippen LogP contribution in [0.4, 0.5) is 5.88 Å². The number of likely N-dealkylation sites (tertiary alicyclic amines) is 1. The number of amidine groups is 1.